The van der Waals surface area contributed by atoms with Gasteiger partial charge in [0.05, 0.1) is 6.04 Å². The van der Waals surface area contributed by atoms with Crippen molar-refractivity contribution in [3.8, 4) is 0 Å². The molecule has 104 valence electrons. The fourth-order valence-electron chi connectivity index (χ4n) is 2.48. The van der Waals surface area contributed by atoms with E-state index in [1.807, 2.05) is 45.0 Å². The Bertz CT molecular complexity index is 465. The van der Waals surface area contributed by atoms with Crippen LogP contribution in [-0.4, -0.2) is 23.4 Å². The van der Waals surface area contributed by atoms with Gasteiger partial charge in [0.1, 0.15) is 5.60 Å². The van der Waals surface area contributed by atoms with Crippen molar-refractivity contribution in [2.24, 2.45) is 5.92 Å². The molecule has 2 N–H and O–H groups in total. The lowest BCUT2D eigenvalue weighted by Crippen LogP contribution is -2.37. The van der Waals surface area contributed by atoms with Crippen molar-refractivity contribution < 1.29 is 14.6 Å². The quantitative estimate of drug-likeness (QED) is 0.861. The van der Waals surface area contributed by atoms with Gasteiger partial charge in [0.15, 0.2) is 0 Å². The number of aliphatic hydroxyl groups is 1. The highest BCUT2D eigenvalue weighted by atomic mass is 16.6. The summed E-state index contributed by atoms with van der Waals surface area (Å²) in [6.07, 6.45) is 0.348. The molecule has 1 aliphatic carbocycles. The Labute approximate surface area is 113 Å². The van der Waals surface area contributed by atoms with Crippen LogP contribution in [0.3, 0.4) is 0 Å². The molecular formula is C15H21NO3. The second kappa shape index (κ2) is 5.21. The van der Waals surface area contributed by atoms with Gasteiger partial charge in [-0.2, -0.15) is 0 Å². The summed E-state index contributed by atoms with van der Waals surface area (Å²) >= 11 is 0. The number of benzene rings is 1. The lowest BCUT2D eigenvalue weighted by Gasteiger charge is -2.24. The molecule has 1 unspecified atom stereocenters. The molecule has 1 amide bonds. The molecule has 0 bridgehead atoms. The van der Waals surface area contributed by atoms with Gasteiger partial charge in [-0.15, -0.1) is 0 Å². The van der Waals surface area contributed by atoms with Crippen LogP contribution in [0.1, 0.15) is 37.9 Å². The first-order valence-corrected chi connectivity index (χ1v) is 6.59. The van der Waals surface area contributed by atoms with Crippen LogP contribution in [0, 0.1) is 5.92 Å². The molecular weight excluding hydrogens is 242 g/mol. The summed E-state index contributed by atoms with van der Waals surface area (Å²) in [6.45, 7) is 5.55. The molecule has 2 rings (SSSR count). The topological polar surface area (TPSA) is 58.6 Å². The van der Waals surface area contributed by atoms with E-state index in [-0.39, 0.29) is 18.6 Å². The lowest BCUT2D eigenvalue weighted by atomic mass is 10.0. The van der Waals surface area contributed by atoms with Crippen LogP contribution >= 0.6 is 0 Å². The van der Waals surface area contributed by atoms with E-state index in [0.717, 1.165) is 12.0 Å². The van der Waals surface area contributed by atoms with Crippen molar-refractivity contribution in [3.63, 3.8) is 0 Å². The van der Waals surface area contributed by atoms with Crippen LogP contribution in [0.15, 0.2) is 24.3 Å². The van der Waals surface area contributed by atoms with Gasteiger partial charge in [-0.3, -0.25) is 0 Å². The fourth-order valence-corrected chi connectivity index (χ4v) is 2.48. The molecule has 4 heteroatoms. The number of nitrogens with one attached hydrogen (secondary N) is 1. The summed E-state index contributed by atoms with van der Waals surface area (Å²) in [5, 5.41) is 12.3. The number of aliphatic hydroxyl groups excluding tert-OH is 1. The Hall–Kier alpha value is -1.55. The Morgan fingerprint density at radius 2 is 2.11 bits per heavy atom. The van der Waals surface area contributed by atoms with Crippen molar-refractivity contribution >= 4 is 6.09 Å². The number of carbonyl (C=O) groups is 1. The molecule has 0 aliphatic heterocycles. The van der Waals surface area contributed by atoms with Crippen LogP contribution in [0.4, 0.5) is 4.79 Å². The van der Waals surface area contributed by atoms with Crippen LogP contribution in [0.25, 0.3) is 0 Å². The SMILES string of the molecule is CC(C)(C)OC(=O)NC1c2ccccc2C[C@@H]1CO. The largest absolute Gasteiger partial charge is 0.444 e. The third-order valence-corrected chi connectivity index (χ3v) is 3.25. The van der Waals surface area contributed by atoms with E-state index >= 15 is 0 Å². The Morgan fingerprint density at radius 1 is 1.42 bits per heavy atom. The van der Waals surface area contributed by atoms with Crippen LogP contribution < -0.4 is 5.32 Å². The predicted molar refractivity (Wildman–Crippen MR) is 72.8 cm³/mol. The van der Waals surface area contributed by atoms with Gasteiger partial charge < -0.3 is 15.2 Å². The smallest absolute Gasteiger partial charge is 0.408 e. The molecule has 0 spiro atoms. The van der Waals surface area contributed by atoms with Crippen molar-refractivity contribution in [2.45, 2.75) is 38.8 Å². The minimum Gasteiger partial charge on any atom is -0.444 e. The van der Waals surface area contributed by atoms with E-state index in [2.05, 4.69) is 5.32 Å². The van der Waals surface area contributed by atoms with Crippen molar-refractivity contribution in [1.82, 2.24) is 5.32 Å². The van der Waals surface area contributed by atoms with Gasteiger partial charge in [0.25, 0.3) is 0 Å². The van der Waals surface area contributed by atoms with E-state index in [9.17, 15) is 9.90 Å². The minimum atomic E-state index is -0.517. The minimum absolute atomic E-state index is 0.0184. The van der Waals surface area contributed by atoms with E-state index in [1.54, 1.807) is 0 Å². The van der Waals surface area contributed by atoms with E-state index in [1.165, 1.54) is 5.56 Å². The molecule has 2 atom stereocenters. The number of hydrogen-bond donors (Lipinski definition) is 2. The highest BCUT2D eigenvalue weighted by molar-refractivity contribution is 5.69. The fraction of sp³-hybridized carbons (Fsp3) is 0.533. The average Bonchev–Trinajstić information content (AvgIpc) is 2.65. The van der Waals surface area contributed by atoms with E-state index in [4.69, 9.17) is 4.74 Å². The number of hydrogen-bond acceptors (Lipinski definition) is 3. The standard InChI is InChI=1S/C15H21NO3/c1-15(2,3)19-14(18)16-13-11(9-17)8-10-6-4-5-7-12(10)13/h4-7,11,13,17H,8-9H2,1-3H3,(H,16,18)/t11-,13?/m1/s1. The molecule has 0 aromatic heterocycles. The average molecular weight is 263 g/mol. The number of carbonyl (C=O) groups excluding carboxylic acids is 1. The predicted octanol–water partition coefficient (Wildman–Crippen LogP) is 2.42. The maximum Gasteiger partial charge on any atom is 0.408 e. The molecule has 0 saturated heterocycles. The molecule has 1 aromatic carbocycles. The van der Waals surface area contributed by atoms with Gasteiger partial charge in [-0.1, -0.05) is 24.3 Å². The Morgan fingerprint density at radius 3 is 2.74 bits per heavy atom. The summed E-state index contributed by atoms with van der Waals surface area (Å²) in [5.41, 5.74) is 1.74. The van der Waals surface area contributed by atoms with Crippen LogP contribution in [0.5, 0.6) is 0 Å². The summed E-state index contributed by atoms with van der Waals surface area (Å²) in [6, 6.07) is 7.78. The molecule has 0 fully saturated rings. The zero-order valence-electron chi connectivity index (χ0n) is 11.6. The number of rotatable bonds is 2. The second-order valence-corrected chi connectivity index (χ2v) is 5.97. The normalized spacial score (nSPS) is 21.9. The summed E-state index contributed by atoms with van der Waals surface area (Å²) in [5.74, 6) is 0.0184. The summed E-state index contributed by atoms with van der Waals surface area (Å²) < 4.78 is 5.28. The highest BCUT2D eigenvalue weighted by Crippen LogP contribution is 2.35. The van der Waals surface area contributed by atoms with Gasteiger partial charge in [0.2, 0.25) is 0 Å². The first-order chi connectivity index (χ1) is 8.90. The molecule has 0 heterocycles. The molecule has 1 aromatic rings. The second-order valence-electron chi connectivity index (χ2n) is 5.97. The molecule has 0 radical (unpaired) electrons. The van der Waals surface area contributed by atoms with Crippen molar-refractivity contribution in [2.75, 3.05) is 6.61 Å². The van der Waals surface area contributed by atoms with Gasteiger partial charge in [-0.05, 0) is 38.3 Å². The molecule has 19 heavy (non-hydrogen) atoms. The number of fused-ring (bicyclic) bond motifs is 1. The zero-order chi connectivity index (χ0) is 14.0. The number of amides is 1. The third-order valence-electron chi connectivity index (χ3n) is 3.25. The molecule has 4 nitrogen and oxygen atoms in total. The van der Waals surface area contributed by atoms with Gasteiger partial charge in [0, 0.05) is 12.5 Å². The number of ether oxygens (including phenoxy) is 1. The van der Waals surface area contributed by atoms with Gasteiger partial charge in [-0.25, -0.2) is 4.79 Å². The number of alkyl carbamates (subject to hydrolysis) is 1. The van der Waals surface area contributed by atoms with E-state index in [0.29, 0.717) is 0 Å². The summed E-state index contributed by atoms with van der Waals surface area (Å²) in [7, 11) is 0. The highest BCUT2D eigenvalue weighted by Gasteiger charge is 2.33. The van der Waals surface area contributed by atoms with Gasteiger partial charge >= 0.3 is 6.09 Å². The van der Waals surface area contributed by atoms with Crippen molar-refractivity contribution in [1.29, 1.82) is 0 Å². The monoisotopic (exact) mass is 263 g/mol. The van der Waals surface area contributed by atoms with E-state index < -0.39 is 11.7 Å². The first kappa shape index (κ1) is 13.9. The summed E-state index contributed by atoms with van der Waals surface area (Å²) in [4.78, 5) is 11.9. The first-order valence-electron chi connectivity index (χ1n) is 6.59. The van der Waals surface area contributed by atoms with Crippen LogP contribution in [-0.2, 0) is 11.2 Å². The zero-order valence-corrected chi connectivity index (χ0v) is 11.6. The Balaban J connectivity index is 2.12. The third kappa shape index (κ3) is 3.26. The Kier molecular flexibility index (Phi) is 3.80. The van der Waals surface area contributed by atoms with Crippen LogP contribution in [0.2, 0.25) is 0 Å². The van der Waals surface area contributed by atoms with Crippen molar-refractivity contribution in [3.05, 3.63) is 35.4 Å². The maximum atomic E-state index is 11.9. The molecule has 0 saturated carbocycles. The lowest BCUT2D eigenvalue weighted by molar-refractivity contribution is 0.0477. The maximum absolute atomic E-state index is 11.9. The molecule has 1 aliphatic rings.